The minimum Gasteiger partial charge on any atom is -0.459 e. The summed E-state index contributed by atoms with van der Waals surface area (Å²) >= 11 is 1.07. The van der Waals surface area contributed by atoms with Crippen LogP contribution in [-0.2, 0) is 14.3 Å². The van der Waals surface area contributed by atoms with Gasteiger partial charge in [0.25, 0.3) is 11.8 Å². The number of hydrogen-bond acceptors (Lipinski definition) is 7. The van der Waals surface area contributed by atoms with E-state index in [-0.39, 0.29) is 11.8 Å². The van der Waals surface area contributed by atoms with Crippen molar-refractivity contribution < 1.29 is 28.3 Å². The standard InChI is InChI=1S/C17H20N2O6S/c1-10-7-14(19-16(21)12-5-4-6-24-12)26-15(10)17(22)25-9-13(20)18-11(2)8-23-3/h4-7,11H,8-9H2,1-3H3,(H,18,20)(H,19,21). The van der Waals surface area contributed by atoms with Gasteiger partial charge >= 0.3 is 5.97 Å². The minimum absolute atomic E-state index is 0.169. The molecule has 2 aromatic heterocycles. The molecule has 26 heavy (non-hydrogen) atoms. The van der Waals surface area contributed by atoms with E-state index >= 15 is 0 Å². The van der Waals surface area contributed by atoms with Gasteiger partial charge in [0, 0.05) is 13.2 Å². The molecule has 0 saturated carbocycles. The normalized spacial score (nSPS) is 11.7. The second-order valence-corrected chi connectivity index (χ2v) is 6.61. The quantitative estimate of drug-likeness (QED) is 0.680. The fraction of sp³-hybridized carbons (Fsp3) is 0.353. The maximum absolute atomic E-state index is 12.2. The van der Waals surface area contributed by atoms with Crippen molar-refractivity contribution in [1.82, 2.24) is 5.32 Å². The lowest BCUT2D eigenvalue weighted by molar-refractivity contribution is -0.125. The number of carbonyl (C=O) groups excluding carboxylic acids is 3. The van der Waals surface area contributed by atoms with Crippen LogP contribution in [-0.4, -0.2) is 44.1 Å². The first-order valence-electron chi connectivity index (χ1n) is 7.81. The number of esters is 1. The Morgan fingerprint density at radius 1 is 1.35 bits per heavy atom. The van der Waals surface area contributed by atoms with Gasteiger partial charge in [0.1, 0.15) is 4.88 Å². The zero-order valence-electron chi connectivity index (χ0n) is 14.7. The molecule has 2 amide bonds. The zero-order valence-corrected chi connectivity index (χ0v) is 15.5. The lowest BCUT2D eigenvalue weighted by Gasteiger charge is -2.12. The van der Waals surface area contributed by atoms with Crippen LogP contribution in [0.2, 0.25) is 0 Å². The number of carbonyl (C=O) groups is 3. The maximum Gasteiger partial charge on any atom is 0.349 e. The van der Waals surface area contributed by atoms with Gasteiger partial charge in [0.15, 0.2) is 12.4 Å². The number of ether oxygens (including phenoxy) is 2. The summed E-state index contributed by atoms with van der Waals surface area (Å²) in [5, 5.41) is 5.77. The van der Waals surface area contributed by atoms with Crippen LogP contribution in [0.1, 0.15) is 32.7 Å². The third-order valence-corrected chi connectivity index (χ3v) is 4.38. The van der Waals surface area contributed by atoms with E-state index in [1.807, 2.05) is 0 Å². The van der Waals surface area contributed by atoms with Crippen LogP contribution < -0.4 is 10.6 Å². The summed E-state index contributed by atoms with van der Waals surface area (Å²) in [5.74, 6) is -1.28. The van der Waals surface area contributed by atoms with Gasteiger partial charge < -0.3 is 24.5 Å². The third-order valence-electron chi connectivity index (χ3n) is 3.24. The number of furan rings is 1. The molecule has 140 valence electrons. The van der Waals surface area contributed by atoms with Gasteiger partial charge in [-0.3, -0.25) is 9.59 Å². The summed E-state index contributed by atoms with van der Waals surface area (Å²) in [6, 6.07) is 4.62. The molecule has 0 aliphatic carbocycles. The highest BCUT2D eigenvalue weighted by molar-refractivity contribution is 7.18. The number of amides is 2. The highest BCUT2D eigenvalue weighted by Gasteiger charge is 2.19. The Morgan fingerprint density at radius 2 is 2.12 bits per heavy atom. The molecule has 2 aromatic rings. The molecular weight excluding hydrogens is 360 g/mol. The van der Waals surface area contributed by atoms with Crippen molar-refractivity contribution in [2.24, 2.45) is 0 Å². The molecule has 1 unspecified atom stereocenters. The molecule has 0 fully saturated rings. The van der Waals surface area contributed by atoms with Crippen molar-refractivity contribution >= 4 is 34.1 Å². The van der Waals surface area contributed by atoms with E-state index in [1.165, 1.54) is 19.4 Å². The van der Waals surface area contributed by atoms with Crippen molar-refractivity contribution in [2.45, 2.75) is 19.9 Å². The number of nitrogens with one attached hydrogen (secondary N) is 2. The third kappa shape index (κ3) is 5.43. The van der Waals surface area contributed by atoms with Gasteiger partial charge in [-0.05, 0) is 37.6 Å². The number of aryl methyl sites for hydroxylation is 1. The van der Waals surface area contributed by atoms with Crippen LogP contribution in [0.5, 0.6) is 0 Å². The van der Waals surface area contributed by atoms with Crippen molar-refractivity contribution in [3.8, 4) is 0 Å². The Morgan fingerprint density at radius 3 is 2.77 bits per heavy atom. The van der Waals surface area contributed by atoms with Crippen LogP contribution in [0.3, 0.4) is 0 Å². The second kappa shape index (κ2) is 9.16. The van der Waals surface area contributed by atoms with E-state index in [9.17, 15) is 14.4 Å². The minimum atomic E-state index is -0.624. The highest BCUT2D eigenvalue weighted by atomic mass is 32.1. The lowest BCUT2D eigenvalue weighted by Crippen LogP contribution is -2.38. The molecule has 0 bridgehead atoms. The van der Waals surface area contributed by atoms with Crippen molar-refractivity contribution in [3.05, 3.63) is 40.7 Å². The van der Waals surface area contributed by atoms with Crippen molar-refractivity contribution in [1.29, 1.82) is 0 Å². The fourth-order valence-corrected chi connectivity index (χ4v) is 3.09. The molecule has 0 aromatic carbocycles. The number of anilines is 1. The lowest BCUT2D eigenvalue weighted by atomic mass is 10.3. The van der Waals surface area contributed by atoms with Crippen molar-refractivity contribution in [2.75, 3.05) is 25.6 Å². The molecular formula is C17H20N2O6S. The van der Waals surface area contributed by atoms with Crippen LogP contribution in [0.4, 0.5) is 5.00 Å². The summed E-state index contributed by atoms with van der Waals surface area (Å²) < 4.78 is 15.0. The first-order valence-corrected chi connectivity index (χ1v) is 8.63. The van der Waals surface area contributed by atoms with E-state index in [0.29, 0.717) is 22.0 Å². The summed E-state index contributed by atoms with van der Waals surface area (Å²) in [4.78, 5) is 36.2. The van der Waals surface area contributed by atoms with Gasteiger partial charge in [0.2, 0.25) is 0 Å². The van der Waals surface area contributed by atoms with Gasteiger partial charge in [-0.2, -0.15) is 0 Å². The van der Waals surface area contributed by atoms with Crippen LogP contribution in [0.15, 0.2) is 28.9 Å². The fourth-order valence-electron chi connectivity index (χ4n) is 2.13. The molecule has 0 saturated heterocycles. The number of hydrogen-bond donors (Lipinski definition) is 2. The Balaban J connectivity index is 1.90. The Labute approximate surface area is 154 Å². The van der Waals surface area contributed by atoms with Gasteiger partial charge in [0.05, 0.1) is 17.9 Å². The van der Waals surface area contributed by atoms with Crippen LogP contribution in [0.25, 0.3) is 0 Å². The average molecular weight is 380 g/mol. The van der Waals surface area contributed by atoms with E-state index in [0.717, 1.165) is 11.3 Å². The average Bonchev–Trinajstić information content (AvgIpc) is 3.22. The summed E-state index contributed by atoms with van der Waals surface area (Å²) in [5.41, 5.74) is 0.642. The topological polar surface area (TPSA) is 107 Å². The molecule has 1 atom stereocenters. The van der Waals surface area contributed by atoms with E-state index in [4.69, 9.17) is 13.9 Å². The van der Waals surface area contributed by atoms with E-state index in [1.54, 1.807) is 26.0 Å². The van der Waals surface area contributed by atoms with Gasteiger partial charge in [-0.15, -0.1) is 11.3 Å². The molecule has 9 heteroatoms. The Hall–Kier alpha value is -2.65. The Bertz CT molecular complexity index is 768. The van der Waals surface area contributed by atoms with Crippen LogP contribution in [0, 0.1) is 6.92 Å². The number of thiophene rings is 1. The monoisotopic (exact) mass is 380 g/mol. The molecule has 0 aliphatic heterocycles. The summed E-state index contributed by atoms with van der Waals surface area (Å²) in [7, 11) is 1.53. The SMILES string of the molecule is COCC(C)NC(=O)COC(=O)c1sc(NC(=O)c2ccco2)cc1C. The number of methoxy groups -OCH3 is 1. The van der Waals surface area contributed by atoms with Gasteiger partial charge in [-0.1, -0.05) is 0 Å². The smallest absolute Gasteiger partial charge is 0.349 e. The summed E-state index contributed by atoms with van der Waals surface area (Å²) in [6.07, 6.45) is 1.40. The van der Waals surface area contributed by atoms with Gasteiger partial charge in [-0.25, -0.2) is 4.79 Å². The number of rotatable bonds is 8. The maximum atomic E-state index is 12.2. The van der Waals surface area contributed by atoms with Crippen molar-refractivity contribution in [3.63, 3.8) is 0 Å². The molecule has 2 rings (SSSR count). The highest BCUT2D eigenvalue weighted by Crippen LogP contribution is 2.27. The predicted octanol–water partition coefficient (Wildman–Crippen LogP) is 2.21. The molecule has 2 heterocycles. The zero-order chi connectivity index (χ0) is 19.1. The molecule has 8 nitrogen and oxygen atoms in total. The summed E-state index contributed by atoms with van der Waals surface area (Å²) in [6.45, 7) is 3.47. The molecule has 0 spiro atoms. The van der Waals surface area contributed by atoms with Crippen LogP contribution >= 0.6 is 11.3 Å². The largest absolute Gasteiger partial charge is 0.459 e. The first-order chi connectivity index (χ1) is 12.4. The second-order valence-electron chi connectivity index (χ2n) is 5.55. The molecule has 2 N–H and O–H groups in total. The Kier molecular flexibility index (Phi) is 6.93. The van der Waals surface area contributed by atoms with E-state index < -0.39 is 24.4 Å². The molecule has 0 radical (unpaired) electrons. The molecule has 0 aliphatic rings. The predicted molar refractivity (Wildman–Crippen MR) is 95.5 cm³/mol. The first kappa shape index (κ1) is 19.7. The van der Waals surface area contributed by atoms with E-state index in [2.05, 4.69) is 10.6 Å².